The highest BCUT2D eigenvalue weighted by atomic mass is 16.7. The third-order valence-corrected chi connectivity index (χ3v) is 6.28. The number of ether oxygens (including phenoxy) is 2. The smallest absolute Gasteiger partial charge is 0.223 e. The quantitative estimate of drug-likeness (QED) is 0.396. The van der Waals surface area contributed by atoms with Gasteiger partial charge in [-0.15, -0.1) is 0 Å². The Labute approximate surface area is 171 Å². The van der Waals surface area contributed by atoms with Gasteiger partial charge >= 0.3 is 0 Å². The topological polar surface area (TPSA) is 142 Å². The van der Waals surface area contributed by atoms with Crippen LogP contribution in [0.15, 0.2) is 24.3 Å². The number of primary amides is 1. The first-order chi connectivity index (χ1) is 13.5. The van der Waals surface area contributed by atoms with E-state index in [1.807, 2.05) is 52.0 Å². The summed E-state index contributed by atoms with van der Waals surface area (Å²) in [5, 5.41) is 38.3. The van der Waals surface area contributed by atoms with E-state index in [1.165, 1.54) is 0 Å². The minimum Gasteiger partial charge on any atom is -0.394 e. The van der Waals surface area contributed by atoms with E-state index in [0.29, 0.717) is 5.56 Å². The van der Waals surface area contributed by atoms with Gasteiger partial charge in [0.15, 0.2) is 6.29 Å². The van der Waals surface area contributed by atoms with Crippen LogP contribution in [-0.2, 0) is 14.3 Å². The Morgan fingerprint density at radius 1 is 1.03 bits per heavy atom. The Balaban J connectivity index is 2.16. The Bertz CT molecular complexity index is 660. The summed E-state index contributed by atoms with van der Waals surface area (Å²) < 4.78 is 11.4. The van der Waals surface area contributed by atoms with Crippen LogP contribution >= 0.6 is 0 Å². The molecule has 1 heterocycles. The van der Waals surface area contributed by atoms with Gasteiger partial charge in [-0.1, -0.05) is 52.0 Å². The fourth-order valence-corrected chi connectivity index (χ4v) is 3.55. The van der Waals surface area contributed by atoms with E-state index >= 15 is 0 Å². The molecule has 1 saturated heterocycles. The predicted octanol–water partition coefficient (Wildman–Crippen LogP) is 0.427. The second kappa shape index (κ2) is 9.51. The zero-order valence-corrected chi connectivity index (χ0v) is 17.4. The van der Waals surface area contributed by atoms with Gasteiger partial charge < -0.3 is 35.6 Å². The maximum Gasteiger partial charge on any atom is 0.223 e. The molecule has 164 valence electrons. The van der Waals surface area contributed by atoms with E-state index in [0.717, 1.165) is 5.56 Å². The molecule has 6 unspecified atom stereocenters. The number of nitrogens with two attached hydrogens (primary N) is 1. The maximum absolute atomic E-state index is 11.8. The highest BCUT2D eigenvalue weighted by Crippen LogP contribution is 2.39. The van der Waals surface area contributed by atoms with E-state index in [2.05, 4.69) is 0 Å². The van der Waals surface area contributed by atoms with Crippen molar-refractivity contribution in [2.75, 3.05) is 13.2 Å². The summed E-state index contributed by atoms with van der Waals surface area (Å²) in [5.41, 5.74) is 6.58. The minimum absolute atomic E-state index is 0.0120. The molecule has 29 heavy (non-hydrogen) atoms. The standard InChI is InChI=1S/C21H33NO7/c1-11(12(2)21(3,4)20(22)27)13-5-7-14(8-6-13)19-28-17(15(25)9-23)18(29-19)16(26)10-24/h5-8,11-12,15-19,23-26H,9-10H2,1-4H3,(H2,22,27). The van der Waals surface area contributed by atoms with Gasteiger partial charge in [0.25, 0.3) is 0 Å². The van der Waals surface area contributed by atoms with E-state index < -0.39 is 49.3 Å². The van der Waals surface area contributed by atoms with Crippen molar-refractivity contribution in [1.82, 2.24) is 0 Å². The Morgan fingerprint density at radius 2 is 1.48 bits per heavy atom. The second-order valence-corrected chi connectivity index (χ2v) is 8.36. The Kier molecular flexibility index (Phi) is 7.78. The zero-order chi connectivity index (χ0) is 21.9. The van der Waals surface area contributed by atoms with Crippen molar-refractivity contribution in [3.63, 3.8) is 0 Å². The van der Waals surface area contributed by atoms with E-state index in [9.17, 15) is 25.2 Å². The molecule has 1 aliphatic rings. The first-order valence-electron chi connectivity index (χ1n) is 9.83. The zero-order valence-electron chi connectivity index (χ0n) is 17.4. The van der Waals surface area contributed by atoms with Crippen molar-refractivity contribution in [3.05, 3.63) is 35.4 Å². The average Bonchev–Trinajstić information content (AvgIpc) is 3.16. The monoisotopic (exact) mass is 411 g/mol. The van der Waals surface area contributed by atoms with Crippen molar-refractivity contribution < 1.29 is 34.7 Å². The molecule has 6 atom stereocenters. The van der Waals surface area contributed by atoms with Crippen LogP contribution in [0, 0.1) is 11.3 Å². The molecule has 8 heteroatoms. The van der Waals surface area contributed by atoms with Gasteiger partial charge in [-0.2, -0.15) is 0 Å². The predicted molar refractivity (Wildman–Crippen MR) is 106 cm³/mol. The first kappa shape index (κ1) is 23.7. The van der Waals surface area contributed by atoms with Gasteiger partial charge in [0.05, 0.1) is 13.2 Å². The summed E-state index contributed by atoms with van der Waals surface area (Å²) in [6, 6.07) is 7.45. The number of aliphatic hydroxyl groups excluding tert-OH is 4. The number of amides is 1. The third kappa shape index (κ3) is 4.96. The largest absolute Gasteiger partial charge is 0.394 e. The van der Waals surface area contributed by atoms with Crippen LogP contribution in [0.4, 0.5) is 0 Å². The van der Waals surface area contributed by atoms with Gasteiger partial charge in [0.2, 0.25) is 5.91 Å². The van der Waals surface area contributed by atoms with Gasteiger partial charge in [0, 0.05) is 11.0 Å². The van der Waals surface area contributed by atoms with Crippen molar-refractivity contribution in [1.29, 1.82) is 0 Å². The molecule has 0 aromatic heterocycles. The van der Waals surface area contributed by atoms with Crippen LogP contribution in [0.2, 0.25) is 0 Å². The lowest BCUT2D eigenvalue weighted by atomic mass is 9.71. The lowest BCUT2D eigenvalue weighted by Gasteiger charge is -2.33. The molecule has 0 spiro atoms. The number of rotatable bonds is 9. The van der Waals surface area contributed by atoms with Crippen LogP contribution in [0.1, 0.15) is 51.0 Å². The molecule has 2 rings (SSSR count). The van der Waals surface area contributed by atoms with E-state index in [4.69, 9.17) is 15.2 Å². The number of carbonyl (C=O) groups is 1. The van der Waals surface area contributed by atoms with Crippen molar-refractivity contribution in [2.45, 2.75) is 64.3 Å². The molecule has 1 amide bonds. The van der Waals surface area contributed by atoms with Crippen LogP contribution in [-0.4, -0.2) is 64.0 Å². The fourth-order valence-electron chi connectivity index (χ4n) is 3.55. The van der Waals surface area contributed by atoms with Crippen LogP contribution < -0.4 is 5.73 Å². The molecule has 1 fully saturated rings. The summed E-state index contributed by atoms with van der Waals surface area (Å²) in [7, 11) is 0. The molecular formula is C21H33NO7. The second-order valence-electron chi connectivity index (χ2n) is 8.36. The molecule has 0 bridgehead atoms. The number of carbonyl (C=O) groups excluding carboxylic acids is 1. The number of benzene rings is 1. The van der Waals surface area contributed by atoms with Crippen molar-refractivity contribution in [3.8, 4) is 0 Å². The van der Waals surface area contributed by atoms with E-state index in [-0.39, 0.29) is 17.7 Å². The van der Waals surface area contributed by atoms with Crippen molar-refractivity contribution in [2.24, 2.45) is 17.1 Å². The molecule has 0 saturated carbocycles. The summed E-state index contributed by atoms with van der Waals surface area (Å²) in [4.78, 5) is 11.8. The number of hydrogen-bond acceptors (Lipinski definition) is 7. The molecule has 0 aliphatic carbocycles. The SMILES string of the molecule is CC(c1ccc(C2OC(C(O)CO)C(C(O)CO)O2)cc1)C(C)C(C)(C)C(N)=O. The Morgan fingerprint density at radius 3 is 1.86 bits per heavy atom. The van der Waals surface area contributed by atoms with E-state index in [1.54, 1.807) is 0 Å². The minimum atomic E-state index is -1.25. The van der Waals surface area contributed by atoms with Crippen LogP contribution in [0.5, 0.6) is 0 Å². The van der Waals surface area contributed by atoms with Gasteiger partial charge in [-0.3, -0.25) is 4.79 Å². The van der Waals surface area contributed by atoms with Crippen LogP contribution in [0.3, 0.4) is 0 Å². The summed E-state index contributed by atoms with van der Waals surface area (Å²) in [6.07, 6.45) is -5.29. The molecule has 1 aromatic rings. The summed E-state index contributed by atoms with van der Waals surface area (Å²) in [6.45, 7) is 6.59. The van der Waals surface area contributed by atoms with Crippen LogP contribution in [0.25, 0.3) is 0 Å². The third-order valence-electron chi connectivity index (χ3n) is 6.28. The average molecular weight is 411 g/mol. The lowest BCUT2D eigenvalue weighted by Crippen LogP contribution is -2.45. The normalized spacial score (nSPS) is 26.7. The summed E-state index contributed by atoms with van der Waals surface area (Å²) in [5.74, 6) is -0.258. The summed E-state index contributed by atoms with van der Waals surface area (Å²) >= 11 is 0. The highest BCUT2D eigenvalue weighted by Gasteiger charge is 2.44. The fraction of sp³-hybridized carbons (Fsp3) is 0.667. The highest BCUT2D eigenvalue weighted by molar-refractivity contribution is 5.80. The molecule has 0 radical (unpaired) electrons. The molecule has 6 N–H and O–H groups in total. The van der Waals surface area contributed by atoms with Crippen molar-refractivity contribution >= 4 is 5.91 Å². The van der Waals surface area contributed by atoms with Gasteiger partial charge in [-0.25, -0.2) is 0 Å². The van der Waals surface area contributed by atoms with Gasteiger partial charge in [-0.05, 0) is 17.4 Å². The molecule has 8 nitrogen and oxygen atoms in total. The molecule has 1 aromatic carbocycles. The molecule has 1 aliphatic heterocycles. The van der Waals surface area contributed by atoms with Gasteiger partial charge in [0.1, 0.15) is 24.4 Å². The number of hydrogen-bond donors (Lipinski definition) is 5. The lowest BCUT2D eigenvalue weighted by molar-refractivity contribution is -0.128. The Hall–Kier alpha value is -1.55. The molecular weight excluding hydrogens is 378 g/mol. The number of aliphatic hydroxyl groups is 4. The first-order valence-corrected chi connectivity index (χ1v) is 9.83. The maximum atomic E-state index is 11.8.